The third-order valence-corrected chi connectivity index (χ3v) is 4.17. The average Bonchev–Trinajstić information content (AvgIpc) is 2.64. The molecule has 1 unspecified atom stereocenters. The van der Waals surface area contributed by atoms with E-state index in [0.717, 1.165) is 5.56 Å². The number of benzene rings is 1. The highest BCUT2D eigenvalue weighted by molar-refractivity contribution is 5.85. The molecule has 0 spiro atoms. The number of carbonyl (C=O) groups excluding carboxylic acids is 1. The number of aromatic nitrogens is 2. The molecule has 0 saturated carbocycles. The van der Waals surface area contributed by atoms with Crippen molar-refractivity contribution in [2.45, 2.75) is 39.3 Å². The fraction of sp³-hybridized carbons (Fsp3) is 0.368. The van der Waals surface area contributed by atoms with Crippen molar-refractivity contribution in [2.24, 2.45) is 0 Å². The number of hydrogen-bond donors (Lipinski definition) is 1. The summed E-state index contributed by atoms with van der Waals surface area (Å²) in [4.78, 5) is 34.4. The first-order valence-electron chi connectivity index (χ1n) is 8.41. The topological polar surface area (TPSA) is 92.6 Å². The summed E-state index contributed by atoms with van der Waals surface area (Å²) in [5.41, 5.74) is -0.181. The molecule has 1 aromatic carbocycles. The van der Waals surface area contributed by atoms with Gasteiger partial charge in [0.05, 0.1) is 11.4 Å². The van der Waals surface area contributed by atoms with Gasteiger partial charge in [0.25, 0.3) is 0 Å². The number of rotatable bonds is 7. The van der Waals surface area contributed by atoms with E-state index in [1.165, 1.54) is 24.2 Å². The van der Waals surface area contributed by atoms with Gasteiger partial charge in [-0.2, -0.15) is 0 Å². The van der Waals surface area contributed by atoms with Crippen molar-refractivity contribution in [3.8, 4) is 0 Å². The Hall–Kier alpha value is -2.96. The maximum atomic E-state index is 12.7. The molecule has 1 atom stereocenters. The molecular formula is C19H23N3O4. The number of carboxylic acids is 1. The number of amides is 1. The number of aryl methyl sites for hydroxylation is 1. The molecule has 0 bridgehead atoms. The van der Waals surface area contributed by atoms with Crippen LogP contribution in [0.4, 0.5) is 4.79 Å². The Balaban J connectivity index is 2.33. The number of carbonyl (C=O) groups is 2. The van der Waals surface area contributed by atoms with Gasteiger partial charge in [-0.3, -0.25) is 14.9 Å². The van der Waals surface area contributed by atoms with Crippen molar-refractivity contribution in [1.29, 1.82) is 0 Å². The van der Waals surface area contributed by atoms with E-state index in [0.29, 0.717) is 12.1 Å². The quantitative estimate of drug-likeness (QED) is 0.818. The van der Waals surface area contributed by atoms with Crippen molar-refractivity contribution < 1.29 is 19.4 Å². The lowest BCUT2D eigenvalue weighted by atomic mass is 9.93. The molecule has 0 aliphatic rings. The van der Waals surface area contributed by atoms with Gasteiger partial charge < -0.3 is 9.84 Å². The predicted molar refractivity (Wildman–Crippen MR) is 95.4 cm³/mol. The summed E-state index contributed by atoms with van der Waals surface area (Å²) in [6, 6.07) is 9.23. The summed E-state index contributed by atoms with van der Waals surface area (Å²) in [5, 5.41) is 9.92. The van der Waals surface area contributed by atoms with E-state index < -0.39 is 17.6 Å². The van der Waals surface area contributed by atoms with Gasteiger partial charge in [0, 0.05) is 18.9 Å². The molecule has 138 valence electrons. The summed E-state index contributed by atoms with van der Waals surface area (Å²) in [6.07, 6.45) is 2.77. The van der Waals surface area contributed by atoms with Crippen LogP contribution < -0.4 is 0 Å². The van der Waals surface area contributed by atoms with Crippen molar-refractivity contribution in [3.05, 3.63) is 59.7 Å². The molecule has 7 nitrogen and oxygen atoms in total. The Bertz CT molecular complexity index is 766. The van der Waals surface area contributed by atoms with Crippen molar-refractivity contribution in [3.63, 3.8) is 0 Å². The van der Waals surface area contributed by atoms with E-state index >= 15 is 0 Å². The second kappa shape index (κ2) is 8.42. The van der Waals surface area contributed by atoms with Crippen LogP contribution in [0.15, 0.2) is 42.7 Å². The number of hydrogen-bond acceptors (Lipinski definition) is 5. The first-order valence-corrected chi connectivity index (χ1v) is 8.41. The summed E-state index contributed by atoms with van der Waals surface area (Å²) < 4.78 is 5.38. The van der Waals surface area contributed by atoms with Crippen LogP contribution in [-0.2, 0) is 21.7 Å². The Morgan fingerprint density at radius 1 is 1.19 bits per heavy atom. The van der Waals surface area contributed by atoms with Crippen LogP contribution in [0.2, 0.25) is 0 Å². The van der Waals surface area contributed by atoms with Crippen LogP contribution >= 0.6 is 0 Å². The molecule has 0 radical (unpaired) electrons. The summed E-state index contributed by atoms with van der Waals surface area (Å²) in [6.45, 7) is 5.26. The minimum absolute atomic E-state index is 0.0645. The molecule has 2 aromatic rings. The van der Waals surface area contributed by atoms with Crippen molar-refractivity contribution >= 4 is 12.1 Å². The fourth-order valence-electron chi connectivity index (χ4n) is 2.75. The first-order chi connectivity index (χ1) is 12.4. The van der Waals surface area contributed by atoms with E-state index in [4.69, 9.17) is 4.74 Å². The van der Waals surface area contributed by atoms with Gasteiger partial charge in [-0.25, -0.2) is 9.59 Å². The predicted octanol–water partition coefficient (Wildman–Crippen LogP) is 3.13. The van der Waals surface area contributed by atoms with Gasteiger partial charge in [0.15, 0.2) is 5.54 Å². The fourth-order valence-corrected chi connectivity index (χ4v) is 2.75. The molecule has 1 N–H and O–H groups in total. The molecule has 7 heteroatoms. The first kappa shape index (κ1) is 19.4. The smallest absolute Gasteiger partial charge is 0.411 e. The standard InChI is InChI=1S/C19H23N3O4/c1-4-12-22(18(25)26-13-15-8-6-5-7-9-15)19(3,17(23)24)16-14(2)20-10-11-21-16/h5-11H,4,12-13H2,1-3H3,(H,23,24). The molecule has 1 aromatic heterocycles. The zero-order valence-corrected chi connectivity index (χ0v) is 15.2. The van der Waals surface area contributed by atoms with Gasteiger partial charge in [-0.1, -0.05) is 37.3 Å². The summed E-state index contributed by atoms with van der Waals surface area (Å²) in [5.74, 6) is -1.19. The van der Waals surface area contributed by atoms with Gasteiger partial charge in [-0.05, 0) is 25.8 Å². The normalized spacial score (nSPS) is 12.9. The van der Waals surface area contributed by atoms with Gasteiger partial charge in [0.1, 0.15) is 6.61 Å². The molecule has 0 aliphatic carbocycles. The molecule has 2 rings (SSSR count). The Labute approximate surface area is 152 Å². The lowest BCUT2D eigenvalue weighted by Crippen LogP contribution is -2.54. The molecule has 1 heterocycles. The monoisotopic (exact) mass is 357 g/mol. The van der Waals surface area contributed by atoms with E-state index in [1.54, 1.807) is 6.92 Å². The second-order valence-corrected chi connectivity index (χ2v) is 6.06. The highest BCUT2D eigenvalue weighted by atomic mass is 16.6. The lowest BCUT2D eigenvalue weighted by Gasteiger charge is -2.36. The number of aliphatic carboxylic acids is 1. The van der Waals surface area contributed by atoms with E-state index in [1.807, 2.05) is 37.3 Å². The van der Waals surface area contributed by atoms with Crippen molar-refractivity contribution in [2.75, 3.05) is 6.54 Å². The van der Waals surface area contributed by atoms with Gasteiger partial charge in [0.2, 0.25) is 0 Å². The molecule has 26 heavy (non-hydrogen) atoms. The van der Waals surface area contributed by atoms with E-state index in [2.05, 4.69) is 9.97 Å². The third-order valence-electron chi connectivity index (χ3n) is 4.17. The maximum absolute atomic E-state index is 12.7. The van der Waals surface area contributed by atoms with E-state index in [-0.39, 0.29) is 18.8 Å². The molecule has 0 saturated heterocycles. The van der Waals surface area contributed by atoms with Crippen LogP contribution in [0.1, 0.15) is 37.2 Å². The zero-order valence-electron chi connectivity index (χ0n) is 15.2. The minimum Gasteiger partial charge on any atom is -0.479 e. The Morgan fingerprint density at radius 3 is 2.42 bits per heavy atom. The van der Waals surface area contributed by atoms with Gasteiger partial charge in [-0.15, -0.1) is 0 Å². The maximum Gasteiger partial charge on any atom is 0.411 e. The highest BCUT2D eigenvalue weighted by Crippen LogP contribution is 2.30. The second-order valence-electron chi connectivity index (χ2n) is 6.06. The van der Waals surface area contributed by atoms with Crippen molar-refractivity contribution in [1.82, 2.24) is 14.9 Å². The average molecular weight is 357 g/mol. The zero-order chi connectivity index (χ0) is 19.2. The largest absolute Gasteiger partial charge is 0.479 e. The summed E-state index contributed by atoms with van der Waals surface area (Å²) in [7, 11) is 0. The van der Waals surface area contributed by atoms with E-state index in [9.17, 15) is 14.7 Å². The Kier molecular flexibility index (Phi) is 6.27. The van der Waals surface area contributed by atoms with Crippen LogP contribution in [0.5, 0.6) is 0 Å². The van der Waals surface area contributed by atoms with Gasteiger partial charge >= 0.3 is 12.1 Å². The number of nitrogens with zero attached hydrogens (tertiary/aromatic N) is 3. The molecule has 1 amide bonds. The highest BCUT2D eigenvalue weighted by Gasteiger charge is 2.47. The van der Waals surface area contributed by atoms with Crippen LogP contribution in [0, 0.1) is 6.92 Å². The lowest BCUT2D eigenvalue weighted by molar-refractivity contribution is -0.150. The molecule has 0 aliphatic heterocycles. The Morgan fingerprint density at radius 2 is 1.85 bits per heavy atom. The summed E-state index contributed by atoms with van der Waals surface area (Å²) >= 11 is 0. The van der Waals surface area contributed by atoms with Crippen LogP contribution in [0.25, 0.3) is 0 Å². The number of ether oxygens (including phenoxy) is 1. The van der Waals surface area contributed by atoms with Crippen LogP contribution in [-0.4, -0.2) is 38.6 Å². The molecular weight excluding hydrogens is 334 g/mol. The third kappa shape index (κ3) is 3.99. The van der Waals surface area contributed by atoms with Crippen LogP contribution in [0.3, 0.4) is 0 Å². The SMILES string of the molecule is CCCN(C(=O)OCc1ccccc1)C(C)(C(=O)O)c1nccnc1C. The number of carboxylic acid groups (broad SMARTS) is 1. The minimum atomic E-state index is -1.68. The molecule has 0 fully saturated rings.